The molecule has 0 saturated heterocycles. The first-order chi connectivity index (χ1) is 9.03. The molecule has 5 heteroatoms. The Labute approximate surface area is 112 Å². The molecule has 0 fully saturated rings. The Morgan fingerprint density at radius 3 is 2.53 bits per heavy atom. The molecule has 19 heavy (non-hydrogen) atoms. The summed E-state index contributed by atoms with van der Waals surface area (Å²) in [6.07, 6.45) is 1.91. The lowest BCUT2D eigenvalue weighted by atomic mass is 9.99. The lowest BCUT2D eigenvalue weighted by Gasteiger charge is -2.26. The van der Waals surface area contributed by atoms with Crippen LogP contribution in [0.2, 0.25) is 0 Å². The van der Waals surface area contributed by atoms with E-state index in [1.54, 1.807) is 37.3 Å². The second-order valence-corrected chi connectivity index (χ2v) is 4.26. The zero-order chi connectivity index (χ0) is 14.3. The van der Waals surface area contributed by atoms with Crippen LogP contribution in [0.5, 0.6) is 0 Å². The van der Waals surface area contributed by atoms with Crippen LogP contribution in [-0.4, -0.2) is 24.5 Å². The predicted molar refractivity (Wildman–Crippen MR) is 72.3 cm³/mol. The first-order valence-corrected chi connectivity index (χ1v) is 5.85. The Hall–Kier alpha value is -2.14. The molecule has 0 radical (unpaired) electrons. The Kier molecular flexibility index (Phi) is 5.26. The molecule has 1 aromatic carbocycles. The van der Waals surface area contributed by atoms with Crippen LogP contribution >= 0.6 is 0 Å². The highest BCUT2D eigenvalue weighted by Crippen LogP contribution is 2.11. The van der Waals surface area contributed by atoms with Crippen molar-refractivity contribution >= 4 is 11.9 Å². The first-order valence-electron chi connectivity index (χ1n) is 5.85. The highest BCUT2D eigenvalue weighted by Gasteiger charge is 2.33. The molecule has 0 aliphatic heterocycles. The molecule has 1 rings (SSSR count). The van der Waals surface area contributed by atoms with Crippen molar-refractivity contribution < 1.29 is 14.3 Å². The highest BCUT2D eigenvalue weighted by atomic mass is 16.5. The van der Waals surface area contributed by atoms with Crippen LogP contribution in [0.4, 0.5) is 0 Å². The summed E-state index contributed by atoms with van der Waals surface area (Å²) < 4.78 is 4.71. The summed E-state index contributed by atoms with van der Waals surface area (Å²) in [5.41, 5.74) is 4.66. The van der Waals surface area contributed by atoms with Crippen LogP contribution in [-0.2, 0) is 9.53 Å². The Morgan fingerprint density at radius 1 is 1.37 bits per heavy atom. The number of amides is 1. The number of hydrazine groups is 1. The second-order valence-electron chi connectivity index (χ2n) is 4.26. The molecule has 0 aromatic heterocycles. The fraction of sp³-hybridized carbons (Fsp3) is 0.286. The van der Waals surface area contributed by atoms with Gasteiger partial charge in [0, 0.05) is 5.56 Å². The fourth-order valence-corrected chi connectivity index (χ4v) is 1.56. The quantitative estimate of drug-likeness (QED) is 0.462. The Balaban J connectivity index is 2.69. The first kappa shape index (κ1) is 14.9. The maximum Gasteiger partial charge on any atom is 0.327 e. The smallest absolute Gasteiger partial charge is 0.327 e. The van der Waals surface area contributed by atoms with Crippen molar-refractivity contribution in [2.24, 2.45) is 0 Å². The number of nitrogens with one attached hydrogen (secondary N) is 2. The van der Waals surface area contributed by atoms with Crippen molar-refractivity contribution in [1.82, 2.24) is 10.9 Å². The molecule has 1 atom stereocenters. The fourth-order valence-electron chi connectivity index (χ4n) is 1.56. The van der Waals surface area contributed by atoms with E-state index >= 15 is 0 Å². The van der Waals surface area contributed by atoms with Crippen molar-refractivity contribution in [2.75, 3.05) is 7.11 Å². The molecule has 0 saturated carbocycles. The van der Waals surface area contributed by atoms with E-state index < -0.39 is 11.5 Å². The van der Waals surface area contributed by atoms with Gasteiger partial charge in [-0.3, -0.25) is 10.2 Å². The van der Waals surface area contributed by atoms with Crippen molar-refractivity contribution in [3.8, 4) is 0 Å². The summed E-state index contributed by atoms with van der Waals surface area (Å²) in [5.74, 6) is -0.791. The van der Waals surface area contributed by atoms with Crippen LogP contribution in [0, 0.1) is 0 Å². The Bertz CT molecular complexity index is 459. The van der Waals surface area contributed by atoms with Crippen molar-refractivity contribution in [3.05, 3.63) is 48.6 Å². The van der Waals surface area contributed by atoms with Gasteiger partial charge in [-0.05, 0) is 25.5 Å². The van der Waals surface area contributed by atoms with Gasteiger partial charge in [-0.1, -0.05) is 24.3 Å². The standard InChI is InChI=1S/C14H18N2O3/c1-4-10-14(2,13(18)19-3)16-15-12(17)11-8-6-5-7-9-11/h4-9,16H,1,10H2,2-3H3,(H,15,17). The molecule has 1 unspecified atom stereocenters. The van der Waals surface area contributed by atoms with Crippen LogP contribution in [0.25, 0.3) is 0 Å². The van der Waals surface area contributed by atoms with Crippen molar-refractivity contribution in [3.63, 3.8) is 0 Å². The topological polar surface area (TPSA) is 67.4 Å². The van der Waals surface area contributed by atoms with E-state index in [-0.39, 0.29) is 5.91 Å². The van der Waals surface area contributed by atoms with Gasteiger partial charge in [-0.15, -0.1) is 6.58 Å². The van der Waals surface area contributed by atoms with Gasteiger partial charge in [0.2, 0.25) is 0 Å². The summed E-state index contributed by atoms with van der Waals surface area (Å²) in [7, 11) is 1.30. The van der Waals surface area contributed by atoms with Gasteiger partial charge in [0.1, 0.15) is 5.54 Å². The minimum Gasteiger partial charge on any atom is -0.468 e. The van der Waals surface area contributed by atoms with Gasteiger partial charge in [-0.25, -0.2) is 10.2 Å². The predicted octanol–water partition coefficient (Wildman–Crippen LogP) is 1.43. The van der Waals surface area contributed by atoms with Gasteiger partial charge in [0.05, 0.1) is 7.11 Å². The van der Waals surface area contributed by atoms with Gasteiger partial charge >= 0.3 is 5.97 Å². The lowest BCUT2D eigenvalue weighted by Crippen LogP contribution is -2.57. The number of esters is 1. The number of rotatable bonds is 6. The molecule has 1 aromatic rings. The minimum atomic E-state index is -1.04. The van der Waals surface area contributed by atoms with Gasteiger partial charge in [-0.2, -0.15) is 0 Å². The minimum absolute atomic E-state index is 0.320. The summed E-state index contributed by atoms with van der Waals surface area (Å²) in [6, 6.07) is 8.71. The molecule has 102 valence electrons. The van der Waals surface area contributed by atoms with Crippen LogP contribution in [0.3, 0.4) is 0 Å². The van der Waals surface area contributed by atoms with Gasteiger partial charge < -0.3 is 4.74 Å². The van der Waals surface area contributed by atoms with Crippen LogP contribution in [0.15, 0.2) is 43.0 Å². The average Bonchev–Trinajstić information content (AvgIpc) is 2.45. The maximum atomic E-state index is 11.9. The van der Waals surface area contributed by atoms with E-state index in [1.807, 2.05) is 6.07 Å². The zero-order valence-electron chi connectivity index (χ0n) is 11.1. The number of carbonyl (C=O) groups is 2. The van der Waals surface area contributed by atoms with E-state index in [1.165, 1.54) is 7.11 Å². The zero-order valence-corrected chi connectivity index (χ0v) is 11.1. The number of methoxy groups -OCH3 is 1. The van der Waals surface area contributed by atoms with Gasteiger partial charge in [0.15, 0.2) is 0 Å². The van der Waals surface area contributed by atoms with Gasteiger partial charge in [0.25, 0.3) is 5.91 Å². The molecular formula is C14H18N2O3. The largest absolute Gasteiger partial charge is 0.468 e. The molecule has 5 nitrogen and oxygen atoms in total. The summed E-state index contributed by atoms with van der Waals surface area (Å²) in [6.45, 7) is 5.22. The van der Waals surface area contributed by atoms with Crippen LogP contribution < -0.4 is 10.9 Å². The van der Waals surface area contributed by atoms with Crippen molar-refractivity contribution in [1.29, 1.82) is 0 Å². The van der Waals surface area contributed by atoms with Crippen molar-refractivity contribution in [2.45, 2.75) is 18.9 Å². The molecular weight excluding hydrogens is 244 g/mol. The Morgan fingerprint density at radius 2 is 2.00 bits per heavy atom. The third kappa shape index (κ3) is 3.93. The third-order valence-corrected chi connectivity index (χ3v) is 2.68. The van der Waals surface area contributed by atoms with E-state index in [0.717, 1.165) is 0 Å². The number of hydrogen-bond donors (Lipinski definition) is 2. The molecule has 0 bridgehead atoms. The maximum absolute atomic E-state index is 11.9. The number of ether oxygens (including phenoxy) is 1. The molecule has 0 spiro atoms. The second kappa shape index (κ2) is 6.70. The van der Waals surface area contributed by atoms with E-state index in [2.05, 4.69) is 17.4 Å². The number of benzene rings is 1. The van der Waals surface area contributed by atoms with E-state index in [9.17, 15) is 9.59 Å². The molecule has 0 heterocycles. The molecule has 0 aliphatic carbocycles. The molecule has 2 N–H and O–H groups in total. The monoisotopic (exact) mass is 262 g/mol. The summed E-state index contributed by atoms with van der Waals surface area (Å²) in [5, 5.41) is 0. The van der Waals surface area contributed by atoms with E-state index in [0.29, 0.717) is 12.0 Å². The summed E-state index contributed by atoms with van der Waals surface area (Å²) >= 11 is 0. The van der Waals surface area contributed by atoms with Crippen LogP contribution in [0.1, 0.15) is 23.7 Å². The average molecular weight is 262 g/mol. The summed E-state index contributed by atoms with van der Waals surface area (Å²) in [4.78, 5) is 23.5. The number of carbonyl (C=O) groups excluding carboxylic acids is 2. The molecule has 0 aliphatic rings. The molecule has 1 amide bonds. The third-order valence-electron chi connectivity index (χ3n) is 2.68. The highest BCUT2D eigenvalue weighted by molar-refractivity contribution is 5.94. The lowest BCUT2D eigenvalue weighted by molar-refractivity contribution is -0.148. The SMILES string of the molecule is C=CCC(C)(NNC(=O)c1ccccc1)C(=O)OC. The number of hydrogen-bond acceptors (Lipinski definition) is 4. The normalized spacial score (nSPS) is 13.2. The van der Waals surface area contributed by atoms with E-state index in [4.69, 9.17) is 4.74 Å².